The lowest BCUT2D eigenvalue weighted by atomic mass is 9.79. The molecular weight excluding hydrogens is 718 g/mol. The Morgan fingerprint density at radius 2 is 1.41 bits per heavy atom. The number of carboxylic acids is 1. The lowest BCUT2D eigenvalue weighted by Crippen LogP contribution is -2.59. The second-order valence-electron chi connectivity index (χ2n) is 12.9. The number of aromatic nitrogens is 2. The van der Waals surface area contributed by atoms with E-state index in [1.54, 1.807) is 4.90 Å². The molecule has 2 heterocycles. The van der Waals surface area contributed by atoms with Crippen LogP contribution in [0, 0.1) is 11.8 Å². The monoisotopic (exact) mass is 754 g/mol. The molecule has 3 atom stereocenters. The van der Waals surface area contributed by atoms with Crippen molar-refractivity contribution in [2.24, 2.45) is 11.8 Å². The van der Waals surface area contributed by atoms with E-state index in [9.17, 15) is 41.0 Å². The van der Waals surface area contributed by atoms with E-state index >= 15 is 0 Å². The first-order valence-corrected chi connectivity index (χ1v) is 17.0. The summed E-state index contributed by atoms with van der Waals surface area (Å²) < 4.78 is 83.4. The van der Waals surface area contributed by atoms with Crippen LogP contribution in [-0.4, -0.2) is 50.0 Å². The summed E-state index contributed by atoms with van der Waals surface area (Å²) in [5.41, 5.74) is -2.04. The zero-order chi connectivity index (χ0) is 35.5. The third-order valence-corrected chi connectivity index (χ3v) is 10.1. The molecule has 0 radical (unpaired) electrons. The number of rotatable bonds is 9. The number of aliphatic carboxylic acids is 1. The van der Waals surface area contributed by atoms with Gasteiger partial charge in [-0.15, -0.1) is 0 Å². The number of anilines is 1. The van der Waals surface area contributed by atoms with Crippen LogP contribution >= 0.6 is 15.9 Å². The minimum absolute atomic E-state index is 0.0470. The van der Waals surface area contributed by atoms with Gasteiger partial charge in [-0.05, 0) is 96.6 Å². The number of hydrogen-bond donors (Lipinski definition) is 1. The molecule has 1 aromatic heterocycles. The molecule has 2 fully saturated rings. The number of alkyl halides is 6. The summed E-state index contributed by atoms with van der Waals surface area (Å²) in [6.07, 6.45) is -3.58. The maximum absolute atomic E-state index is 14.3. The van der Waals surface area contributed by atoms with Gasteiger partial charge in [0, 0.05) is 43.0 Å². The van der Waals surface area contributed by atoms with Gasteiger partial charge >= 0.3 is 18.3 Å². The quantitative estimate of drug-likeness (QED) is 0.221. The van der Waals surface area contributed by atoms with Gasteiger partial charge in [0.15, 0.2) is 0 Å². The van der Waals surface area contributed by atoms with Crippen LogP contribution in [0.5, 0.6) is 0 Å². The Morgan fingerprint density at radius 1 is 0.857 bits per heavy atom. The van der Waals surface area contributed by atoms with E-state index < -0.39 is 41.4 Å². The minimum Gasteiger partial charge on any atom is -0.481 e. The van der Waals surface area contributed by atoms with Gasteiger partial charge < -0.3 is 14.9 Å². The smallest absolute Gasteiger partial charge is 0.416 e. The van der Waals surface area contributed by atoms with Crippen LogP contribution in [0.2, 0.25) is 0 Å². The fourth-order valence-electron chi connectivity index (χ4n) is 7.22. The van der Waals surface area contributed by atoms with Crippen molar-refractivity contribution >= 4 is 33.8 Å². The summed E-state index contributed by atoms with van der Waals surface area (Å²) in [5.74, 6) is -1.59. The van der Waals surface area contributed by atoms with Crippen molar-refractivity contribution in [3.05, 3.63) is 87.7 Å². The normalized spacial score (nSPS) is 23.3. The maximum atomic E-state index is 14.3. The number of benzene rings is 2. The van der Waals surface area contributed by atoms with Crippen molar-refractivity contribution < 1.29 is 41.0 Å². The zero-order valence-electron chi connectivity index (χ0n) is 26.7. The standard InChI is InChI=1S/C35H37BrF6N4O3/c1-2-28-16-29(17-30(14-21-6-4-3-5-7-21)46(28)31(47)23-8-10-24(11-9-23)32(48)49)45(33-43-18-27(36)19-44-33)20-22-12-25(34(37,38)39)15-26(13-22)35(40,41)42/h3-7,12-13,15,18-19,23-24,28-30H,2,8-11,14,16-17,20H2,1H3,(H,48,49)/t23-,24-,28-,29+,30+/m1/s1. The maximum Gasteiger partial charge on any atom is 0.416 e. The highest BCUT2D eigenvalue weighted by Gasteiger charge is 2.44. The number of halogens is 7. The molecule has 0 spiro atoms. The fraction of sp³-hybridized carbons (Fsp3) is 0.486. The highest BCUT2D eigenvalue weighted by Crippen LogP contribution is 2.40. The summed E-state index contributed by atoms with van der Waals surface area (Å²) in [4.78, 5) is 38.2. The van der Waals surface area contributed by atoms with E-state index in [1.807, 2.05) is 42.2 Å². The Bertz CT molecular complexity index is 1570. The summed E-state index contributed by atoms with van der Waals surface area (Å²) in [6, 6.07) is 10.0. The molecule has 3 aromatic rings. The van der Waals surface area contributed by atoms with Crippen LogP contribution in [0.4, 0.5) is 32.3 Å². The number of nitrogens with zero attached hydrogens (tertiary/aromatic N) is 4. The molecule has 49 heavy (non-hydrogen) atoms. The Balaban J connectivity index is 1.52. The predicted molar refractivity (Wildman–Crippen MR) is 173 cm³/mol. The molecule has 1 saturated heterocycles. The molecular formula is C35H37BrF6N4O3. The lowest BCUT2D eigenvalue weighted by molar-refractivity contribution is -0.149. The Labute approximate surface area is 288 Å². The van der Waals surface area contributed by atoms with Crippen molar-refractivity contribution in [3.63, 3.8) is 0 Å². The first-order chi connectivity index (χ1) is 23.1. The Morgan fingerprint density at radius 3 is 1.94 bits per heavy atom. The van der Waals surface area contributed by atoms with E-state index in [0.717, 1.165) is 17.7 Å². The Kier molecular flexibility index (Phi) is 11.2. The van der Waals surface area contributed by atoms with Crippen LogP contribution in [0.3, 0.4) is 0 Å². The van der Waals surface area contributed by atoms with Crippen LogP contribution in [0.25, 0.3) is 0 Å². The summed E-state index contributed by atoms with van der Waals surface area (Å²) in [5, 5.41) is 9.48. The Hall–Kier alpha value is -3.68. The average molecular weight is 756 g/mol. The molecule has 0 bridgehead atoms. The van der Waals surface area contributed by atoms with E-state index in [-0.39, 0.29) is 48.0 Å². The van der Waals surface area contributed by atoms with E-state index in [1.165, 1.54) is 12.4 Å². The fourth-order valence-corrected chi connectivity index (χ4v) is 7.42. The summed E-state index contributed by atoms with van der Waals surface area (Å²) >= 11 is 3.29. The molecule has 1 N–H and O–H groups in total. The van der Waals surface area contributed by atoms with Crippen LogP contribution in [0.1, 0.15) is 74.1 Å². The van der Waals surface area contributed by atoms with Gasteiger partial charge in [0.1, 0.15) is 0 Å². The van der Waals surface area contributed by atoms with E-state index in [2.05, 4.69) is 25.9 Å². The molecule has 2 aromatic carbocycles. The van der Waals surface area contributed by atoms with Crippen molar-refractivity contribution in [1.29, 1.82) is 0 Å². The largest absolute Gasteiger partial charge is 0.481 e. The molecule has 0 unspecified atom stereocenters. The van der Waals surface area contributed by atoms with Crippen LogP contribution in [-0.2, 0) is 34.9 Å². The number of likely N-dealkylation sites (tertiary alicyclic amines) is 1. The summed E-state index contributed by atoms with van der Waals surface area (Å²) in [7, 11) is 0. The van der Waals surface area contributed by atoms with Gasteiger partial charge in [0.2, 0.25) is 11.9 Å². The third kappa shape index (κ3) is 8.92. The van der Waals surface area contributed by atoms with E-state index in [4.69, 9.17) is 0 Å². The molecule has 7 nitrogen and oxygen atoms in total. The number of carbonyl (C=O) groups is 2. The van der Waals surface area contributed by atoms with Crippen LogP contribution in [0.15, 0.2) is 65.4 Å². The molecule has 1 saturated carbocycles. The number of carbonyl (C=O) groups excluding carboxylic acids is 1. The van der Waals surface area contributed by atoms with Gasteiger partial charge in [-0.2, -0.15) is 26.3 Å². The number of hydrogen-bond acceptors (Lipinski definition) is 5. The third-order valence-electron chi connectivity index (χ3n) is 9.65. The van der Waals surface area contributed by atoms with E-state index in [0.29, 0.717) is 55.8 Å². The lowest BCUT2D eigenvalue weighted by Gasteiger charge is -2.49. The zero-order valence-corrected chi connectivity index (χ0v) is 28.3. The highest BCUT2D eigenvalue weighted by molar-refractivity contribution is 9.10. The molecule has 5 rings (SSSR count). The van der Waals surface area contributed by atoms with Gasteiger partial charge in [0.25, 0.3) is 0 Å². The molecule has 2 aliphatic rings. The molecule has 1 amide bonds. The number of carboxylic acid groups (broad SMARTS) is 1. The van der Waals surface area contributed by atoms with Gasteiger partial charge in [-0.3, -0.25) is 9.59 Å². The van der Waals surface area contributed by atoms with Gasteiger partial charge in [0.05, 0.1) is 21.5 Å². The van der Waals surface area contributed by atoms with Crippen molar-refractivity contribution in [2.75, 3.05) is 4.90 Å². The number of piperidine rings is 1. The minimum atomic E-state index is -5.00. The second kappa shape index (κ2) is 15.1. The molecule has 1 aliphatic carbocycles. The van der Waals surface area contributed by atoms with Crippen LogP contribution < -0.4 is 4.90 Å². The van der Waals surface area contributed by atoms with Crippen molar-refractivity contribution in [1.82, 2.24) is 14.9 Å². The van der Waals surface area contributed by atoms with Gasteiger partial charge in [-0.25, -0.2) is 9.97 Å². The summed E-state index contributed by atoms with van der Waals surface area (Å²) in [6.45, 7) is 1.61. The topological polar surface area (TPSA) is 86.6 Å². The highest BCUT2D eigenvalue weighted by atomic mass is 79.9. The van der Waals surface area contributed by atoms with Crippen molar-refractivity contribution in [2.45, 2.75) is 95.3 Å². The predicted octanol–water partition coefficient (Wildman–Crippen LogP) is 8.56. The first kappa shape index (κ1) is 36.6. The first-order valence-electron chi connectivity index (χ1n) is 16.3. The molecule has 1 aliphatic heterocycles. The molecule has 14 heteroatoms. The SMILES string of the molecule is CC[C@@H]1C[C@H](N(Cc2cc(C(F)(F)F)cc(C(F)(F)F)c2)c2ncc(Br)cn2)C[C@H](Cc2ccccc2)N1C(=O)[C@H]1CC[C@H](C(=O)O)CC1. The number of amides is 1. The van der Waals surface area contributed by atoms with Crippen molar-refractivity contribution in [3.8, 4) is 0 Å². The second-order valence-corrected chi connectivity index (χ2v) is 13.8. The molecule has 264 valence electrons. The van der Waals surface area contributed by atoms with Gasteiger partial charge in [-0.1, -0.05) is 37.3 Å². The average Bonchev–Trinajstić information content (AvgIpc) is 3.06.